The second kappa shape index (κ2) is 7.03. The summed E-state index contributed by atoms with van der Waals surface area (Å²) in [5.74, 6) is -1.73. The first-order chi connectivity index (χ1) is 8.77. The van der Waals surface area contributed by atoms with Gasteiger partial charge in [-0.25, -0.2) is 13.1 Å². The van der Waals surface area contributed by atoms with Gasteiger partial charge in [0.25, 0.3) is 0 Å². The Bertz CT molecular complexity index is 538. The van der Waals surface area contributed by atoms with Gasteiger partial charge < -0.3 is 5.11 Å². The van der Waals surface area contributed by atoms with Crippen molar-refractivity contribution in [3.05, 3.63) is 14.9 Å². The molecule has 1 aromatic heterocycles. The molecule has 0 aromatic carbocycles. The Kier molecular flexibility index (Phi) is 6.25. The van der Waals surface area contributed by atoms with Crippen LogP contribution in [0.25, 0.3) is 0 Å². The molecule has 108 valence electrons. The molecule has 9 heteroatoms. The third kappa shape index (κ3) is 4.71. The molecule has 0 saturated carbocycles. The maximum atomic E-state index is 12.0. The highest BCUT2D eigenvalue weighted by molar-refractivity contribution is 9.11. The van der Waals surface area contributed by atoms with Crippen LogP contribution in [0, 0.1) is 5.92 Å². The van der Waals surface area contributed by atoms with E-state index in [-0.39, 0.29) is 10.8 Å². The van der Waals surface area contributed by atoms with Gasteiger partial charge in [0.05, 0.1) is 14.7 Å². The summed E-state index contributed by atoms with van der Waals surface area (Å²) in [7, 11) is -3.72. The molecule has 0 aliphatic heterocycles. The summed E-state index contributed by atoms with van der Waals surface area (Å²) in [6.45, 7) is 1.72. The molecular formula is C10H13BrClNO4S2. The Morgan fingerprint density at radius 1 is 1.63 bits per heavy atom. The first kappa shape index (κ1) is 16.9. The van der Waals surface area contributed by atoms with Gasteiger partial charge in [0.15, 0.2) is 0 Å². The van der Waals surface area contributed by atoms with Gasteiger partial charge >= 0.3 is 5.97 Å². The van der Waals surface area contributed by atoms with Crippen molar-refractivity contribution in [3.8, 4) is 0 Å². The summed E-state index contributed by atoms with van der Waals surface area (Å²) in [6.07, 6.45) is 1.10. The van der Waals surface area contributed by atoms with Crippen LogP contribution in [0.5, 0.6) is 0 Å². The van der Waals surface area contributed by atoms with Crippen LogP contribution in [0.2, 0.25) is 5.02 Å². The van der Waals surface area contributed by atoms with E-state index in [0.29, 0.717) is 21.7 Å². The lowest BCUT2D eigenvalue weighted by Crippen LogP contribution is -2.32. The molecule has 1 aromatic rings. The van der Waals surface area contributed by atoms with Crippen LogP contribution in [0.15, 0.2) is 14.1 Å². The summed E-state index contributed by atoms with van der Waals surface area (Å²) in [4.78, 5) is 10.9. The minimum absolute atomic E-state index is 0.0602. The Balaban J connectivity index is 2.77. The second-order valence-corrected chi connectivity index (χ2v) is 8.63. The monoisotopic (exact) mass is 389 g/mol. The number of aliphatic carboxylic acids is 1. The van der Waals surface area contributed by atoms with Gasteiger partial charge in [-0.15, -0.1) is 11.3 Å². The van der Waals surface area contributed by atoms with E-state index in [9.17, 15) is 13.2 Å². The minimum atomic E-state index is -3.72. The lowest BCUT2D eigenvalue weighted by Gasteiger charge is -2.11. The number of carboxylic acids is 1. The molecule has 0 spiro atoms. The SMILES string of the molecule is CCCC(CNS(=O)(=O)c1cc(Cl)c(Br)s1)C(=O)O. The van der Waals surface area contributed by atoms with Crippen molar-refractivity contribution in [2.45, 2.75) is 24.0 Å². The fourth-order valence-corrected chi connectivity index (χ4v) is 4.93. The van der Waals surface area contributed by atoms with E-state index in [4.69, 9.17) is 16.7 Å². The van der Waals surface area contributed by atoms with Gasteiger partial charge in [-0.05, 0) is 28.4 Å². The lowest BCUT2D eigenvalue weighted by atomic mass is 10.1. The van der Waals surface area contributed by atoms with Crippen molar-refractivity contribution in [2.24, 2.45) is 5.92 Å². The predicted molar refractivity (Wildman–Crippen MR) is 78.3 cm³/mol. The molecule has 19 heavy (non-hydrogen) atoms. The molecule has 0 aliphatic carbocycles. The topological polar surface area (TPSA) is 83.5 Å². The number of sulfonamides is 1. The van der Waals surface area contributed by atoms with Crippen LogP contribution in [-0.2, 0) is 14.8 Å². The van der Waals surface area contributed by atoms with E-state index in [2.05, 4.69) is 20.7 Å². The number of thiophene rings is 1. The Hall–Kier alpha value is -0.150. The number of carbonyl (C=O) groups is 1. The van der Waals surface area contributed by atoms with Gasteiger partial charge in [0.2, 0.25) is 10.0 Å². The number of rotatable bonds is 7. The third-order valence-corrected chi connectivity index (χ3v) is 6.77. The Morgan fingerprint density at radius 2 is 2.26 bits per heavy atom. The number of halogens is 2. The zero-order chi connectivity index (χ0) is 14.6. The normalized spacial score (nSPS) is 13.4. The highest BCUT2D eigenvalue weighted by atomic mass is 79.9. The standard InChI is InChI=1S/C10H13BrClNO4S2/c1-2-3-6(10(14)15)5-13-19(16,17)8-4-7(12)9(11)18-8/h4,6,13H,2-3,5H2,1H3,(H,14,15). The fourth-order valence-electron chi connectivity index (χ4n) is 1.40. The maximum absolute atomic E-state index is 12.0. The zero-order valence-electron chi connectivity index (χ0n) is 10.0. The van der Waals surface area contributed by atoms with E-state index >= 15 is 0 Å². The van der Waals surface area contributed by atoms with Crippen molar-refractivity contribution in [1.29, 1.82) is 0 Å². The van der Waals surface area contributed by atoms with E-state index in [1.165, 1.54) is 6.07 Å². The largest absolute Gasteiger partial charge is 0.481 e. The lowest BCUT2D eigenvalue weighted by molar-refractivity contribution is -0.141. The Morgan fingerprint density at radius 3 is 2.68 bits per heavy atom. The van der Waals surface area contributed by atoms with Gasteiger partial charge in [-0.2, -0.15) is 0 Å². The first-order valence-corrected chi connectivity index (χ1v) is 8.92. The molecule has 1 heterocycles. The molecule has 2 N–H and O–H groups in total. The Labute approximate surface area is 129 Å². The summed E-state index contributed by atoms with van der Waals surface area (Å²) in [5, 5.41) is 9.27. The summed E-state index contributed by atoms with van der Waals surface area (Å²) in [6, 6.07) is 1.33. The van der Waals surface area contributed by atoms with Crippen LogP contribution >= 0.6 is 38.9 Å². The summed E-state index contributed by atoms with van der Waals surface area (Å²) < 4.78 is 26.8. The number of nitrogens with one attached hydrogen (secondary N) is 1. The number of hydrogen-bond donors (Lipinski definition) is 2. The third-order valence-electron chi connectivity index (χ3n) is 2.39. The average molecular weight is 391 g/mol. The van der Waals surface area contributed by atoms with Crippen LogP contribution in [0.4, 0.5) is 0 Å². The molecular weight excluding hydrogens is 378 g/mol. The van der Waals surface area contributed by atoms with Gasteiger partial charge in [0, 0.05) is 6.54 Å². The summed E-state index contributed by atoms with van der Waals surface area (Å²) >= 11 is 9.89. The zero-order valence-corrected chi connectivity index (χ0v) is 14.0. The molecule has 5 nitrogen and oxygen atoms in total. The van der Waals surface area contributed by atoms with E-state index < -0.39 is 21.9 Å². The van der Waals surface area contributed by atoms with Gasteiger partial charge in [-0.1, -0.05) is 24.9 Å². The van der Waals surface area contributed by atoms with Crippen molar-refractivity contribution < 1.29 is 18.3 Å². The molecule has 0 saturated heterocycles. The average Bonchev–Trinajstić information content (AvgIpc) is 2.65. The van der Waals surface area contributed by atoms with Crippen molar-refractivity contribution >= 4 is 54.9 Å². The van der Waals surface area contributed by atoms with Crippen molar-refractivity contribution in [1.82, 2.24) is 4.72 Å². The molecule has 0 aliphatic rings. The van der Waals surface area contributed by atoms with Crippen LogP contribution < -0.4 is 4.72 Å². The first-order valence-electron chi connectivity index (χ1n) is 5.45. The van der Waals surface area contributed by atoms with Crippen LogP contribution in [-0.4, -0.2) is 26.0 Å². The molecule has 0 bridgehead atoms. The van der Waals surface area contributed by atoms with Crippen LogP contribution in [0.1, 0.15) is 19.8 Å². The highest BCUT2D eigenvalue weighted by Gasteiger charge is 2.23. The van der Waals surface area contributed by atoms with Gasteiger partial charge in [-0.3, -0.25) is 4.79 Å². The molecule has 0 fully saturated rings. The van der Waals surface area contributed by atoms with Crippen LogP contribution in [0.3, 0.4) is 0 Å². The quantitative estimate of drug-likeness (QED) is 0.750. The second-order valence-electron chi connectivity index (χ2n) is 3.86. The number of carboxylic acid groups (broad SMARTS) is 1. The van der Waals surface area contributed by atoms with Crippen molar-refractivity contribution in [3.63, 3.8) is 0 Å². The van der Waals surface area contributed by atoms with E-state index in [0.717, 1.165) is 11.3 Å². The van der Waals surface area contributed by atoms with Gasteiger partial charge in [0.1, 0.15) is 4.21 Å². The molecule has 1 unspecified atom stereocenters. The molecule has 1 atom stereocenters. The fraction of sp³-hybridized carbons (Fsp3) is 0.500. The molecule has 0 radical (unpaired) electrons. The van der Waals surface area contributed by atoms with E-state index in [1.807, 2.05) is 6.92 Å². The molecule has 1 rings (SSSR count). The predicted octanol–water partition coefficient (Wildman–Crippen LogP) is 2.94. The maximum Gasteiger partial charge on any atom is 0.307 e. The summed E-state index contributed by atoms with van der Waals surface area (Å²) in [5.41, 5.74) is 0. The highest BCUT2D eigenvalue weighted by Crippen LogP contribution is 2.34. The molecule has 0 amide bonds. The van der Waals surface area contributed by atoms with Crippen molar-refractivity contribution in [2.75, 3.05) is 6.54 Å². The number of hydrogen-bond acceptors (Lipinski definition) is 4. The smallest absolute Gasteiger partial charge is 0.307 e. The minimum Gasteiger partial charge on any atom is -0.481 e. The van der Waals surface area contributed by atoms with E-state index in [1.54, 1.807) is 0 Å².